The van der Waals surface area contributed by atoms with Gasteiger partial charge < -0.3 is 14.5 Å². The maximum absolute atomic E-state index is 13.3. The molecule has 0 aromatic heterocycles. The first-order valence-corrected chi connectivity index (χ1v) is 8.93. The molecular weight excluding hydrogens is 297 g/mol. The third-order valence-corrected chi connectivity index (χ3v) is 6.07. The molecule has 0 radical (unpaired) electrons. The zero-order valence-electron chi connectivity index (χ0n) is 13.1. The Morgan fingerprint density at radius 1 is 1.09 bits per heavy atom. The first-order valence-electron chi connectivity index (χ1n) is 7.24. The molecule has 2 rings (SSSR count). The Kier molecular flexibility index (Phi) is 5.41. The molecule has 0 bridgehead atoms. The Hall–Kier alpha value is -1.61. The molecule has 0 aliphatic heterocycles. The molecule has 2 aromatic rings. The van der Waals surface area contributed by atoms with E-state index in [1.54, 1.807) is 31.2 Å². The molecule has 22 heavy (non-hydrogen) atoms. The van der Waals surface area contributed by atoms with Crippen LogP contribution in [0.1, 0.15) is 18.3 Å². The van der Waals surface area contributed by atoms with Gasteiger partial charge >= 0.3 is 0 Å². The number of hydrogen-bond acceptors (Lipinski definition) is 4. The summed E-state index contributed by atoms with van der Waals surface area (Å²) in [6, 6.07) is 16.3. The van der Waals surface area contributed by atoms with Crippen LogP contribution in [0.4, 0.5) is 5.69 Å². The highest BCUT2D eigenvalue weighted by molar-refractivity contribution is 7.67. The van der Waals surface area contributed by atoms with Crippen molar-refractivity contribution in [2.24, 2.45) is 0 Å². The van der Waals surface area contributed by atoms with Gasteiger partial charge in [0.25, 0.3) is 7.37 Å². The molecule has 0 aliphatic carbocycles. The van der Waals surface area contributed by atoms with Crippen molar-refractivity contribution in [3.05, 3.63) is 60.2 Å². The molecule has 2 aromatic carbocycles. The second-order valence-electron chi connectivity index (χ2n) is 5.21. The maximum Gasteiger partial charge on any atom is 0.264 e. The number of anilines is 1. The normalized spacial score (nSPS) is 15.1. The Morgan fingerprint density at radius 3 is 2.18 bits per heavy atom. The summed E-state index contributed by atoms with van der Waals surface area (Å²) in [6.45, 7) is 2.05. The lowest BCUT2D eigenvalue weighted by molar-refractivity contribution is 0.218. The fraction of sp³-hybridized carbons (Fsp3) is 0.294. The molecule has 0 unspecified atom stereocenters. The van der Waals surface area contributed by atoms with E-state index in [0.29, 0.717) is 10.9 Å². The van der Waals surface area contributed by atoms with Gasteiger partial charge in [0.1, 0.15) is 0 Å². The highest BCUT2D eigenvalue weighted by atomic mass is 31.2. The molecule has 4 nitrogen and oxygen atoms in total. The third kappa shape index (κ3) is 3.41. The minimum absolute atomic E-state index is 0.274. The fourth-order valence-corrected chi connectivity index (χ4v) is 4.34. The van der Waals surface area contributed by atoms with Crippen molar-refractivity contribution >= 4 is 18.4 Å². The van der Waals surface area contributed by atoms with Crippen molar-refractivity contribution < 1.29 is 14.2 Å². The number of rotatable bonds is 6. The molecule has 0 aliphatic rings. The molecule has 1 N–H and O–H groups in total. The van der Waals surface area contributed by atoms with Crippen LogP contribution >= 0.6 is 7.37 Å². The summed E-state index contributed by atoms with van der Waals surface area (Å²) in [7, 11) is 0.483. The van der Waals surface area contributed by atoms with Crippen LogP contribution in [-0.2, 0) is 9.09 Å². The predicted molar refractivity (Wildman–Crippen MR) is 91.0 cm³/mol. The van der Waals surface area contributed by atoms with Crippen LogP contribution in [0.15, 0.2) is 54.6 Å². The number of hydrogen-bond donors (Lipinski definition) is 1. The number of aliphatic hydroxyl groups excluding tert-OH is 1. The Morgan fingerprint density at radius 2 is 1.68 bits per heavy atom. The average Bonchev–Trinajstić information content (AvgIpc) is 2.55. The Labute approximate surface area is 131 Å². The van der Waals surface area contributed by atoms with E-state index in [-0.39, 0.29) is 6.61 Å². The van der Waals surface area contributed by atoms with Crippen molar-refractivity contribution in [1.82, 2.24) is 0 Å². The van der Waals surface area contributed by atoms with Crippen LogP contribution in [0.3, 0.4) is 0 Å². The van der Waals surface area contributed by atoms with E-state index in [1.807, 2.05) is 49.3 Å². The lowest BCUT2D eigenvalue weighted by Gasteiger charge is -2.24. The summed E-state index contributed by atoms with van der Waals surface area (Å²) in [5.74, 6) is -1.17. The van der Waals surface area contributed by atoms with E-state index in [1.165, 1.54) is 0 Å². The zero-order valence-corrected chi connectivity index (χ0v) is 14.0. The molecule has 118 valence electrons. The summed E-state index contributed by atoms with van der Waals surface area (Å²) in [5, 5.41) is 11.1. The molecule has 0 saturated carbocycles. The van der Waals surface area contributed by atoms with Gasteiger partial charge in [-0.05, 0) is 36.8 Å². The van der Waals surface area contributed by atoms with Crippen LogP contribution in [-0.4, -0.2) is 25.8 Å². The quantitative estimate of drug-likeness (QED) is 0.829. The third-order valence-electron chi connectivity index (χ3n) is 3.47. The molecule has 0 amide bonds. The van der Waals surface area contributed by atoms with E-state index >= 15 is 0 Å². The minimum Gasteiger partial charge on any atom is -0.378 e. The second kappa shape index (κ2) is 7.10. The summed E-state index contributed by atoms with van der Waals surface area (Å²) in [4.78, 5) is 1.96. The average molecular weight is 319 g/mol. The van der Waals surface area contributed by atoms with E-state index in [4.69, 9.17) is 4.52 Å². The zero-order chi connectivity index (χ0) is 16.2. The van der Waals surface area contributed by atoms with Crippen molar-refractivity contribution in [1.29, 1.82) is 0 Å². The molecule has 0 spiro atoms. The Bertz CT molecular complexity index is 641. The summed E-state index contributed by atoms with van der Waals surface area (Å²) < 4.78 is 18.8. The SMILES string of the molecule is CCO[P@@](=O)(c1ccc(N(C)C)cc1)[C@H](O)c1ccccc1. The van der Waals surface area contributed by atoms with Gasteiger partial charge in [-0.2, -0.15) is 0 Å². The molecule has 0 saturated heterocycles. The van der Waals surface area contributed by atoms with E-state index < -0.39 is 13.2 Å². The highest BCUT2D eigenvalue weighted by Gasteiger charge is 2.35. The summed E-state index contributed by atoms with van der Waals surface area (Å²) in [6.07, 6.45) is 0. The van der Waals surface area contributed by atoms with Gasteiger partial charge in [0.15, 0.2) is 5.85 Å². The topological polar surface area (TPSA) is 49.8 Å². The molecular formula is C17H22NO3P. The van der Waals surface area contributed by atoms with Gasteiger partial charge in [0, 0.05) is 25.1 Å². The molecule has 0 fully saturated rings. The minimum atomic E-state index is -3.40. The van der Waals surface area contributed by atoms with Crippen molar-refractivity contribution in [2.75, 3.05) is 25.6 Å². The molecule has 2 atom stereocenters. The summed E-state index contributed by atoms with van der Waals surface area (Å²) in [5.41, 5.74) is 1.59. The Balaban J connectivity index is 2.41. The standard InChI is InChI=1S/C17H22NO3P/c1-4-21-22(20,17(19)14-8-6-5-7-9-14)16-12-10-15(11-13-16)18(2)3/h5-13,17,19H,4H2,1-3H3/t17-,22-/m0/s1. The maximum atomic E-state index is 13.3. The van der Waals surface area contributed by atoms with Gasteiger partial charge in [-0.25, -0.2) is 0 Å². The predicted octanol–water partition coefficient (Wildman–Crippen LogP) is 3.38. The highest BCUT2D eigenvalue weighted by Crippen LogP contribution is 2.57. The number of benzene rings is 2. The van der Waals surface area contributed by atoms with E-state index in [9.17, 15) is 9.67 Å². The van der Waals surface area contributed by atoms with Crippen LogP contribution in [0.25, 0.3) is 0 Å². The smallest absolute Gasteiger partial charge is 0.264 e. The van der Waals surface area contributed by atoms with Gasteiger partial charge in [-0.1, -0.05) is 30.3 Å². The van der Waals surface area contributed by atoms with Gasteiger partial charge in [-0.15, -0.1) is 0 Å². The van der Waals surface area contributed by atoms with E-state index in [2.05, 4.69) is 0 Å². The van der Waals surface area contributed by atoms with Crippen molar-refractivity contribution in [3.8, 4) is 0 Å². The first-order chi connectivity index (χ1) is 10.5. The second-order valence-corrected chi connectivity index (χ2v) is 7.67. The fourth-order valence-electron chi connectivity index (χ4n) is 2.26. The van der Waals surface area contributed by atoms with Gasteiger partial charge in [-0.3, -0.25) is 4.57 Å². The monoisotopic (exact) mass is 319 g/mol. The van der Waals surface area contributed by atoms with Gasteiger partial charge in [0.05, 0.1) is 6.61 Å². The van der Waals surface area contributed by atoms with Crippen LogP contribution in [0.2, 0.25) is 0 Å². The van der Waals surface area contributed by atoms with Crippen LogP contribution in [0, 0.1) is 0 Å². The lowest BCUT2D eigenvalue weighted by atomic mass is 10.2. The molecule has 5 heteroatoms. The van der Waals surface area contributed by atoms with Crippen LogP contribution < -0.4 is 10.2 Å². The molecule has 0 heterocycles. The van der Waals surface area contributed by atoms with E-state index in [0.717, 1.165) is 5.69 Å². The summed E-state index contributed by atoms with van der Waals surface area (Å²) >= 11 is 0. The number of nitrogens with zero attached hydrogens (tertiary/aromatic N) is 1. The van der Waals surface area contributed by atoms with Crippen LogP contribution in [0.5, 0.6) is 0 Å². The largest absolute Gasteiger partial charge is 0.378 e. The van der Waals surface area contributed by atoms with Crippen molar-refractivity contribution in [2.45, 2.75) is 12.8 Å². The van der Waals surface area contributed by atoms with Crippen molar-refractivity contribution in [3.63, 3.8) is 0 Å². The first kappa shape index (κ1) is 16.8. The van der Waals surface area contributed by atoms with Gasteiger partial charge in [0.2, 0.25) is 0 Å². The lowest BCUT2D eigenvalue weighted by Crippen LogP contribution is -2.16. The number of aliphatic hydroxyl groups is 1.